The van der Waals surface area contributed by atoms with Crippen molar-refractivity contribution in [3.05, 3.63) is 11.3 Å². The minimum atomic E-state index is -0.863. The van der Waals surface area contributed by atoms with E-state index >= 15 is 0 Å². The van der Waals surface area contributed by atoms with Crippen molar-refractivity contribution in [2.24, 2.45) is 0 Å². The van der Waals surface area contributed by atoms with Crippen LogP contribution >= 0.6 is 0 Å². The van der Waals surface area contributed by atoms with Crippen LogP contribution in [-0.4, -0.2) is 102 Å². The van der Waals surface area contributed by atoms with Gasteiger partial charge in [0.25, 0.3) is 0 Å². The van der Waals surface area contributed by atoms with Crippen molar-refractivity contribution in [3.63, 3.8) is 0 Å². The van der Waals surface area contributed by atoms with E-state index < -0.39 is 6.09 Å². The lowest BCUT2D eigenvalue weighted by atomic mass is 10.0. The van der Waals surface area contributed by atoms with Crippen LogP contribution in [0.2, 0.25) is 0 Å². The zero-order chi connectivity index (χ0) is 21.8. The molecule has 10 nitrogen and oxygen atoms in total. The molecular weight excluding hydrogens is 400 g/mol. The van der Waals surface area contributed by atoms with E-state index in [2.05, 4.69) is 20.1 Å². The monoisotopic (exact) mass is 434 g/mol. The fourth-order valence-corrected chi connectivity index (χ4v) is 4.79. The number of rotatable bonds is 6. The predicted octanol–water partition coefficient (Wildman–Crippen LogP) is 0.800. The second-order valence-electron chi connectivity index (χ2n) is 8.63. The third-order valence-corrected chi connectivity index (χ3v) is 6.29. The lowest BCUT2D eigenvalue weighted by molar-refractivity contribution is 0.0356. The molecule has 2 fully saturated rings. The summed E-state index contributed by atoms with van der Waals surface area (Å²) in [6, 6.07) is 0.207. The summed E-state index contributed by atoms with van der Waals surface area (Å²) in [5.41, 5.74) is 2.14. The molecule has 1 aromatic rings. The maximum Gasteiger partial charge on any atom is 0.407 e. The molecule has 0 bridgehead atoms. The van der Waals surface area contributed by atoms with Crippen molar-refractivity contribution in [1.82, 2.24) is 25.1 Å². The van der Waals surface area contributed by atoms with Crippen LogP contribution in [0, 0.1) is 0 Å². The van der Waals surface area contributed by atoms with Gasteiger partial charge in [-0.05, 0) is 33.2 Å². The van der Waals surface area contributed by atoms with Gasteiger partial charge in [0, 0.05) is 44.8 Å². The van der Waals surface area contributed by atoms with Gasteiger partial charge in [0.1, 0.15) is 5.82 Å². The molecule has 0 unspecified atom stereocenters. The zero-order valence-electron chi connectivity index (χ0n) is 18.5. The average Bonchev–Trinajstić information content (AvgIpc) is 2.76. The largest absolute Gasteiger partial charge is 0.465 e. The van der Waals surface area contributed by atoms with E-state index in [1.54, 1.807) is 0 Å². The number of amides is 1. The van der Waals surface area contributed by atoms with Gasteiger partial charge in [0.2, 0.25) is 0 Å². The SMILES string of the molecule is C[C@@H]1CN(c2nc(OCCCN3CCOCC3)nc3c2CCNC3)C[C@H](C)N1C(=O)O. The lowest BCUT2D eigenvalue weighted by Crippen LogP contribution is -2.58. The summed E-state index contributed by atoms with van der Waals surface area (Å²) in [4.78, 5) is 27.2. The van der Waals surface area contributed by atoms with E-state index in [1.807, 2.05) is 13.8 Å². The molecule has 0 radical (unpaired) electrons. The highest BCUT2D eigenvalue weighted by Crippen LogP contribution is 2.29. The topological polar surface area (TPSA) is 103 Å². The number of carboxylic acid groups (broad SMARTS) is 1. The summed E-state index contributed by atoms with van der Waals surface area (Å²) in [6.45, 7) is 11.8. The highest BCUT2D eigenvalue weighted by atomic mass is 16.5. The number of hydrogen-bond acceptors (Lipinski definition) is 8. The molecule has 3 aliphatic heterocycles. The van der Waals surface area contributed by atoms with Crippen LogP contribution in [0.1, 0.15) is 31.5 Å². The van der Waals surface area contributed by atoms with Crippen LogP contribution in [0.5, 0.6) is 6.01 Å². The second kappa shape index (κ2) is 9.97. The molecule has 4 rings (SSSR count). The van der Waals surface area contributed by atoms with Crippen molar-refractivity contribution >= 4 is 11.9 Å². The summed E-state index contributed by atoms with van der Waals surface area (Å²) in [6.07, 6.45) is 0.918. The van der Waals surface area contributed by atoms with E-state index in [0.29, 0.717) is 32.3 Å². The Labute approximate surface area is 183 Å². The number of hydrogen-bond donors (Lipinski definition) is 2. The predicted molar refractivity (Wildman–Crippen MR) is 116 cm³/mol. The smallest absolute Gasteiger partial charge is 0.407 e. The van der Waals surface area contributed by atoms with Gasteiger partial charge in [0.15, 0.2) is 0 Å². The van der Waals surface area contributed by atoms with E-state index in [4.69, 9.17) is 14.5 Å². The quantitative estimate of drug-likeness (QED) is 0.629. The first kappa shape index (κ1) is 22.0. The molecule has 1 amide bonds. The molecule has 10 heteroatoms. The number of fused-ring (bicyclic) bond motifs is 1. The Kier molecular flexibility index (Phi) is 7.09. The van der Waals surface area contributed by atoms with Gasteiger partial charge in [-0.3, -0.25) is 9.80 Å². The molecule has 0 spiro atoms. The van der Waals surface area contributed by atoms with Gasteiger partial charge in [-0.1, -0.05) is 0 Å². The van der Waals surface area contributed by atoms with Gasteiger partial charge in [-0.25, -0.2) is 4.79 Å². The molecule has 3 aliphatic rings. The Balaban J connectivity index is 1.45. The Morgan fingerprint density at radius 3 is 2.68 bits per heavy atom. The Morgan fingerprint density at radius 2 is 1.97 bits per heavy atom. The average molecular weight is 435 g/mol. The van der Waals surface area contributed by atoms with Gasteiger partial charge in [-0.2, -0.15) is 9.97 Å². The Morgan fingerprint density at radius 1 is 1.23 bits per heavy atom. The minimum absolute atomic E-state index is 0.105. The summed E-state index contributed by atoms with van der Waals surface area (Å²) < 4.78 is 11.4. The summed E-state index contributed by atoms with van der Waals surface area (Å²) in [7, 11) is 0. The standard InChI is InChI=1S/C21H34N6O4/c1-15-13-26(14-16(2)27(15)21(28)29)19-17-4-5-22-12-18(17)23-20(24-19)31-9-3-6-25-7-10-30-11-8-25/h15-16,22H,3-14H2,1-2H3,(H,28,29)/t15-,16+. The second-order valence-corrected chi connectivity index (χ2v) is 8.63. The number of carbonyl (C=O) groups is 1. The summed E-state index contributed by atoms with van der Waals surface area (Å²) in [5.74, 6) is 0.901. The summed E-state index contributed by atoms with van der Waals surface area (Å²) in [5, 5.41) is 12.9. The number of nitrogens with zero attached hydrogens (tertiary/aromatic N) is 5. The molecule has 0 saturated carbocycles. The first-order chi connectivity index (χ1) is 15.0. The van der Waals surface area contributed by atoms with Crippen molar-refractivity contribution in [1.29, 1.82) is 0 Å². The highest BCUT2D eigenvalue weighted by Gasteiger charge is 2.35. The molecule has 2 saturated heterocycles. The van der Waals surface area contributed by atoms with Crippen molar-refractivity contribution in [2.45, 2.75) is 45.3 Å². The van der Waals surface area contributed by atoms with Crippen LogP contribution in [0.3, 0.4) is 0 Å². The molecule has 172 valence electrons. The highest BCUT2D eigenvalue weighted by molar-refractivity contribution is 5.67. The van der Waals surface area contributed by atoms with Gasteiger partial charge < -0.3 is 24.8 Å². The Bertz CT molecular complexity index is 760. The van der Waals surface area contributed by atoms with Crippen LogP contribution in [-0.2, 0) is 17.7 Å². The maximum atomic E-state index is 11.6. The molecule has 1 aromatic heterocycles. The van der Waals surface area contributed by atoms with Crippen molar-refractivity contribution < 1.29 is 19.4 Å². The molecule has 31 heavy (non-hydrogen) atoms. The van der Waals surface area contributed by atoms with Gasteiger partial charge in [0.05, 0.1) is 37.6 Å². The molecule has 0 aliphatic carbocycles. The van der Waals surface area contributed by atoms with Crippen LogP contribution in [0.4, 0.5) is 10.6 Å². The minimum Gasteiger partial charge on any atom is -0.465 e. The van der Waals surface area contributed by atoms with E-state index in [1.165, 1.54) is 4.90 Å². The van der Waals surface area contributed by atoms with Crippen LogP contribution < -0.4 is 15.0 Å². The third kappa shape index (κ3) is 5.19. The summed E-state index contributed by atoms with van der Waals surface area (Å²) >= 11 is 0. The molecule has 4 heterocycles. The van der Waals surface area contributed by atoms with Crippen LogP contribution in [0.25, 0.3) is 0 Å². The first-order valence-electron chi connectivity index (χ1n) is 11.3. The van der Waals surface area contributed by atoms with Crippen LogP contribution in [0.15, 0.2) is 0 Å². The van der Waals surface area contributed by atoms with Gasteiger partial charge in [-0.15, -0.1) is 0 Å². The van der Waals surface area contributed by atoms with Crippen molar-refractivity contribution in [2.75, 3.05) is 64.0 Å². The van der Waals surface area contributed by atoms with Gasteiger partial charge >= 0.3 is 12.1 Å². The molecular formula is C21H34N6O4. The normalized spacial score (nSPS) is 24.7. The first-order valence-corrected chi connectivity index (χ1v) is 11.3. The number of anilines is 1. The zero-order valence-corrected chi connectivity index (χ0v) is 18.5. The number of piperazine rings is 1. The van der Waals surface area contributed by atoms with Crippen molar-refractivity contribution in [3.8, 4) is 6.01 Å². The molecule has 0 aromatic carbocycles. The third-order valence-electron chi connectivity index (χ3n) is 6.29. The van der Waals surface area contributed by atoms with E-state index in [0.717, 1.165) is 69.3 Å². The molecule has 2 N–H and O–H groups in total. The lowest BCUT2D eigenvalue weighted by Gasteiger charge is -2.44. The van der Waals surface area contributed by atoms with E-state index in [-0.39, 0.29) is 12.1 Å². The number of aromatic nitrogens is 2. The maximum absolute atomic E-state index is 11.6. The fourth-order valence-electron chi connectivity index (χ4n) is 4.79. The molecule has 2 atom stereocenters. The van der Waals surface area contributed by atoms with E-state index in [9.17, 15) is 9.90 Å². The number of morpholine rings is 1. The number of ether oxygens (including phenoxy) is 2. The number of nitrogens with one attached hydrogen (secondary N) is 1. The Hall–Kier alpha value is -2.17. The fraction of sp³-hybridized carbons (Fsp3) is 0.762.